The number of thiophene rings is 1. The summed E-state index contributed by atoms with van der Waals surface area (Å²) in [5.41, 5.74) is 0.626. The van der Waals surface area contributed by atoms with E-state index in [-0.39, 0.29) is 10.3 Å². The first-order valence-electron chi connectivity index (χ1n) is 10.3. The lowest BCUT2D eigenvalue weighted by atomic mass is 9.85. The molecule has 1 aliphatic carbocycles. The van der Waals surface area contributed by atoms with Crippen LogP contribution in [0.15, 0.2) is 35.2 Å². The minimum absolute atomic E-state index is 0.190. The number of benzene rings is 1. The van der Waals surface area contributed by atoms with Gasteiger partial charge in [-0.25, -0.2) is 13.1 Å². The summed E-state index contributed by atoms with van der Waals surface area (Å²) in [5.74, 6) is 0.724. The van der Waals surface area contributed by atoms with Crippen LogP contribution in [0.4, 0.5) is 0 Å². The molecule has 1 aliphatic rings. The average molecular weight is 438 g/mol. The molecule has 2 aromatic rings. The van der Waals surface area contributed by atoms with Gasteiger partial charge >= 0.3 is 0 Å². The highest BCUT2D eigenvalue weighted by molar-refractivity contribution is 7.89. The van der Waals surface area contributed by atoms with Crippen LogP contribution in [0, 0.1) is 6.92 Å². The third kappa shape index (κ3) is 5.02. The van der Waals surface area contributed by atoms with Gasteiger partial charge in [0.05, 0.1) is 17.6 Å². The Bertz CT molecular complexity index is 928. The van der Waals surface area contributed by atoms with Crippen molar-refractivity contribution in [3.05, 3.63) is 45.6 Å². The number of hydrogen-bond donors (Lipinski definition) is 2. The highest BCUT2D eigenvalue weighted by Gasteiger charge is 2.38. The molecular weight excluding hydrogens is 406 g/mol. The highest BCUT2D eigenvalue weighted by atomic mass is 32.2. The quantitative estimate of drug-likeness (QED) is 0.597. The van der Waals surface area contributed by atoms with E-state index >= 15 is 0 Å². The molecule has 7 heteroatoms. The Balaban J connectivity index is 1.77. The largest absolute Gasteiger partial charge is 0.493 e. The van der Waals surface area contributed by atoms with Crippen molar-refractivity contribution in [2.75, 3.05) is 13.2 Å². The van der Waals surface area contributed by atoms with Crippen LogP contribution in [-0.4, -0.2) is 26.7 Å². The second kappa shape index (κ2) is 9.16. The van der Waals surface area contributed by atoms with Gasteiger partial charge in [-0.05, 0) is 69.0 Å². The predicted molar refractivity (Wildman–Crippen MR) is 117 cm³/mol. The molecule has 2 N–H and O–H groups in total. The van der Waals surface area contributed by atoms with Gasteiger partial charge in [0.1, 0.15) is 5.75 Å². The van der Waals surface area contributed by atoms with Crippen LogP contribution < -0.4 is 9.46 Å². The number of ether oxygens (including phenoxy) is 1. The molecule has 0 spiro atoms. The fourth-order valence-corrected chi connectivity index (χ4v) is 6.31. The Morgan fingerprint density at radius 2 is 1.97 bits per heavy atom. The van der Waals surface area contributed by atoms with Crippen LogP contribution >= 0.6 is 11.3 Å². The normalized spacial score (nSPS) is 17.4. The zero-order valence-electron chi connectivity index (χ0n) is 17.4. The molecule has 1 heterocycles. The lowest BCUT2D eigenvalue weighted by Crippen LogP contribution is -2.38. The molecular formula is C22H31NO4S2. The molecule has 1 atom stereocenters. The van der Waals surface area contributed by atoms with Gasteiger partial charge in [-0.15, -0.1) is 11.3 Å². The molecule has 0 radical (unpaired) electrons. The summed E-state index contributed by atoms with van der Waals surface area (Å²) in [6.45, 7) is 6.65. The van der Waals surface area contributed by atoms with E-state index in [4.69, 9.17) is 4.74 Å². The van der Waals surface area contributed by atoms with Crippen molar-refractivity contribution in [3.8, 4) is 5.75 Å². The number of hydrogen-bond acceptors (Lipinski definition) is 5. The van der Waals surface area contributed by atoms with E-state index in [1.54, 1.807) is 36.5 Å². The molecule has 1 fully saturated rings. The van der Waals surface area contributed by atoms with Crippen LogP contribution in [0.5, 0.6) is 5.75 Å². The lowest BCUT2D eigenvalue weighted by molar-refractivity contribution is 0.203. The molecule has 0 bridgehead atoms. The van der Waals surface area contributed by atoms with Gasteiger partial charge in [0.2, 0.25) is 10.0 Å². The van der Waals surface area contributed by atoms with Crippen molar-refractivity contribution in [2.24, 2.45) is 0 Å². The summed E-state index contributed by atoms with van der Waals surface area (Å²) in [4.78, 5) is 2.35. The van der Waals surface area contributed by atoms with Crippen molar-refractivity contribution in [3.63, 3.8) is 0 Å². The second-order valence-corrected chi connectivity index (χ2v) is 10.8. The van der Waals surface area contributed by atoms with E-state index in [1.165, 1.54) is 0 Å². The molecule has 3 rings (SSSR count). The predicted octanol–water partition coefficient (Wildman–Crippen LogP) is 4.69. The Morgan fingerprint density at radius 3 is 2.55 bits per heavy atom. The fraction of sp³-hybridized carbons (Fsp3) is 0.545. The Labute approximate surface area is 178 Å². The molecule has 0 amide bonds. The van der Waals surface area contributed by atoms with Gasteiger partial charge in [0, 0.05) is 21.7 Å². The number of aliphatic hydroxyl groups is 1. The number of sulfonamides is 1. The molecule has 0 aliphatic heterocycles. The zero-order valence-corrected chi connectivity index (χ0v) is 19.0. The van der Waals surface area contributed by atoms with Gasteiger partial charge in [-0.1, -0.05) is 19.8 Å². The number of aliphatic hydroxyl groups excluding tert-OH is 1. The number of nitrogens with one attached hydrogen (secondary N) is 1. The summed E-state index contributed by atoms with van der Waals surface area (Å²) in [6.07, 6.45) is 4.50. The monoisotopic (exact) mass is 437 g/mol. The van der Waals surface area contributed by atoms with Crippen molar-refractivity contribution in [1.29, 1.82) is 0 Å². The Hall–Kier alpha value is -1.41. The maximum Gasteiger partial charge on any atom is 0.240 e. The highest BCUT2D eigenvalue weighted by Crippen LogP contribution is 2.44. The first-order valence-corrected chi connectivity index (χ1v) is 12.6. The molecule has 160 valence electrons. The van der Waals surface area contributed by atoms with Crippen molar-refractivity contribution in [1.82, 2.24) is 4.72 Å². The van der Waals surface area contributed by atoms with E-state index in [0.717, 1.165) is 53.2 Å². The minimum atomic E-state index is -3.61. The van der Waals surface area contributed by atoms with E-state index in [2.05, 4.69) is 10.8 Å². The Morgan fingerprint density at radius 1 is 1.24 bits per heavy atom. The van der Waals surface area contributed by atoms with Gasteiger partial charge in [-0.2, -0.15) is 0 Å². The summed E-state index contributed by atoms with van der Waals surface area (Å²) >= 11 is 1.59. The zero-order chi connectivity index (χ0) is 21.1. The standard InChI is InChI=1S/C22H31NO4S2/c1-4-13-27-19-8-7-18(14-16(19)2)29(25,26)23-15-22(11-5-6-12-22)21-10-9-20(28-21)17(3)24/h7-10,14,17,23-24H,4-6,11-13,15H2,1-3H3. The Kier molecular flexibility index (Phi) is 7.04. The molecule has 1 saturated carbocycles. The van der Waals surface area contributed by atoms with Crippen LogP contribution in [0.2, 0.25) is 0 Å². The maximum absolute atomic E-state index is 13.0. The third-order valence-corrected chi connectivity index (χ3v) is 8.54. The maximum atomic E-state index is 13.0. The molecule has 1 unspecified atom stereocenters. The van der Waals surface area contributed by atoms with Crippen LogP contribution in [-0.2, 0) is 15.4 Å². The van der Waals surface area contributed by atoms with Gasteiger partial charge in [-0.3, -0.25) is 0 Å². The van der Waals surface area contributed by atoms with Crippen molar-refractivity contribution in [2.45, 2.75) is 69.3 Å². The summed E-state index contributed by atoms with van der Waals surface area (Å²) in [7, 11) is -3.61. The molecule has 1 aromatic heterocycles. The van der Waals surface area contributed by atoms with E-state index in [0.29, 0.717) is 13.2 Å². The number of rotatable bonds is 9. The van der Waals surface area contributed by atoms with Crippen molar-refractivity contribution < 1.29 is 18.3 Å². The third-order valence-electron chi connectivity index (χ3n) is 5.64. The molecule has 5 nitrogen and oxygen atoms in total. The van der Waals surface area contributed by atoms with Crippen LogP contribution in [0.25, 0.3) is 0 Å². The summed E-state index contributed by atoms with van der Waals surface area (Å²) < 4.78 is 34.4. The fourth-order valence-electron chi connectivity index (χ4n) is 3.90. The molecule has 1 aromatic carbocycles. The second-order valence-electron chi connectivity index (χ2n) is 7.97. The van der Waals surface area contributed by atoms with E-state index in [1.807, 2.05) is 19.9 Å². The molecule has 0 saturated heterocycles. The van der Waals surface area contributed by atoms with Gasteiger partial charge < -0.3 is 9.84 Å². The van der Waals surface area contributed by atoms with E-state index < -0.39 is 16.1 Å². The topological polar surface area (TPSA) is 75.6 Å². The lowest BCUT2D eigenvalue weighted by Gasteiger charge is -2.28. The number of aryl methyl sites for hydroxylation is 1. The van der Waals surface area contributed by atoms with Crippen molar-refractivity contribution >= 4 is 21.4 Å². The molecule has 29 heavy (non-hydrogen) atoms. The summed E-state index contributed by atoms with van der Waals surface area (Å²) in [5, 5.41) is 9.86. The summed E-state index contributed by atoms with van der Waals surface area (Å²) in [6, 6.07) is 9.02. The van der Waals surface area contributed by atoms with Crippen LogP contribution in [0.1, 0.15) is 67.4 Å². The van der Waals surface area contributed by atoms with Crippen LogP contribution in [0.3, 0.4) is 0 Å². The smallest absolute Gasteiger partial charge is 0.240 e. The average Bonchev–Trinajstić information content (AvgIpc) is 3.36. The van der Waals surface area contributed by atoms with E-state index in [9.17, 15) is 13.5 Å². The van der Waals surface area contributed by atoms with Gasteiger partial charge in [0.25, 0.3) is 0 Å². The first-order chi connectivity index (χ1) is 13.8. The SMILES string of the molecule is CCCOc1ccc(S(=O)(=O)NCC2(c3ccc(C(C)O)s3)CCCC2)cc1C. The first kappa shape index (κ1) is 22.3. The van der Waals surface area contributed by atoms with Gasteiger partial charge in [0.15, 0.2) is 0 Å². The minimum Gasteiger partial charge on any atom is -0.493 e.